The second-order valence-corrected chi connectivity index (χ2v) is 5.15. The Morgan fingerprint density at radius 1 is 1.24 bits per heavy atom. The number of carbonyl (C=O) groups is 2. The Morgan fingerprint density at radius 2 is 1.92 bits per heavy atom. The molecule has 1 heterocycles. The topological polar surface area (TPSA) is 105 Å². The maximum Gasteiger partial charge on any atom is 0.252 e. The summed E-state index contributed by atoms with van der Waals surface area (Å²) in [6.07, 6.45) is 1.56. The minimum atomic E-state index is -0.464. The van der Waals surface area contributed by atoms with E-state index < -0.39 is 11.8 Å². The van der Waals surface area contributed by atoms with E-state index in [-0.39, 0.29) is 32.2 Å². The molecule has 9 heteroatoms. The van der Waals surface area contributed by atoms with Crippen molar-refractivity contribution in [2.45, 2.75) is 0 Å². The van der Waals surface area contributed by atoms with Gasteiger partial charge in [-0.3, -0.25) is 14.9 Å². The number of carbonyl (C=O) groups excluding carboxylic acids is 2. The third kappa shape index (κ3) is 5.37. The number of nitrogens with zero attached hydrogens (tertiary/aromatic N) is 2. The van der Waals surface area contributed by atoms with E-state index in [2.05, 4.69) is 15.6 Å². The van der Waals surface area contributed by atoms with E-state index in [9.17, 15) is 14.0 Å². The second-order valence-electron chi connectivity index (χ2n) is 5.15. The first-order valence-corrected chi connectivity index (χ1v) is 7.54. The van der Waals surface area contributed by atoms with Crippen LogP contribution in [-0.4, -0.2) is 52.8 Å². The average Bonchev–Trinajstić information content (AvgIpc) is 2.94. The van der Waals surface area contributed by atoms with Gasteiger partial charge < -0.3 is 19.7 Å². The van der Waals surface area contributed by atoms with Crippen LogP contribution in [0.15, 0.2) is 30.5 Å². The smallest absolute Gasteiger partial charge is 0.252 e. The summed E-state index contributed by atoms with van der Waals surface area (Å²) < 4.78 is 19.6. The fourth-order valence-corrected chi connectivity index (χ4v) is 2.06. The number of anilines is 1. The summed E-state index contributed by atoms with van der Waals surface area (Å²) in [7, 11) is 1.71. The van der Waals surface area contributed by atoms with Gasteiger partial charge in [0.2, 0.25) is 11.9 Å². The Kier molecular flexibility index (Phi) is 6.61. The number of imidazole rings is 1. The number of aliphatic hydroxyl groups excluding tert-OH is 1. The van der Waals surface area contributed by atoms with E-state index in [1.165, 1.54) is 12.1 Å². The molecule has 0 fully saturated rings. The number of aromatic nitrogens is 2. The third-order valence-electron chi connectivity index (χ3n) is 3.28. The average molecular weight is 350 g/mol. The van der Waals surface area contributed by atoms with E-state index in [4.69, 9.17) is 9.84 Å². The van der Waals surface area contributed by atoms with Crippen LogP contribution in [0, 0.1) is 5.82 Å². The van der Waals surface area contributed by atoms with Gasteiger partial charge in [-0.05, 0) is 24.3 Å². The molecule has 2 aromatic rings. The predicted molar refractivity (Wildman–Crippen MR) is 88.1 cm³/mol. The van der Waals surface area contributed by atoms with E-state index in [0.29, 0.717) is 11.6 Å². The van der Waals surface area contributed by atoms with Gasteiger partial charge in [0.25, 0.3) is 5.91 Å². The molecular weight excluding hydrogens is 331 g/mol. The number of halogens is 1. The van der Waals surface area contributed by atoms with Crippen LogP contribution in [0.2, 0.25) is 0 Å². The standard InChI is InChI=1S/C16H19FN4O4/c1-21-13(11-2-4-12(17)5-3-11)8-19-16(21)20-15(24)10-25-9-14(23)18-6-7-22/h2-5,8,22H,6-7,9-10H2,1H3,(H,18,23)(H,19,20,24). The Labute approximate surface area is 143 Å². The van der Waals surface area contributed by atoms with Crippen molar-refractivity contribution in [1.29, 1.82) is 0 Å². The van der Waals surface area contributed by atoms with Crippen molar-refractivity contribution in [3.05, 3.63) is 36.3 Å². The van der Waals surface area contributed by atoms with Gasteiger partial charge in [-0.1, -0.05) is 0 Å². The number of rotatable bonds is 8. The fourth-order valence-electron chi connectivity index (χ4n) is 2.06. The van der Waals surface area contributed by atoms with Gasteiger partial charge in [-0.25, -0.2) is 9.37 Å². The molecule has 0 unspecified atom stereocenters. The number of hydrogen-bond acceptors (Lipinski definition) is 5. The van der Waals surface area contributed by atoms with Gasteiger partial charge in [-0.15, -0.1) is 0 Å². The summed E-state index contributed by atoms with van der Waals surface area (Å²) in [6, 6.07) is 5.92. The van der Waals surface area contributed by atoms with Gasteiger partial charge in [-0.2, -0.15) is 0 Å². The first kappa shape index (κ1) is 18.6. The number of ether oxygens (including phenoxy) is 1. The molecule has 0 saturated heterocycles. The molecule has 1 aromatic carbocycles. The van der Waals surface area contributed by atoms with Crippen LogP contribution in [0.3, 0.4) is 0 Å². The lowest BCUT2D eigenvalue weighted by molar-refractivity contribution is -0.128. The molecule has 0 aliphatic carbocycles. The molecule has 2 rings (SSSR count). The molecule has 0 bridgehead atoms. The molecular formula is C16H19FN4O4. The molecule has 0 atom stereocenters. The summed E-state index contributed by atoms with van der Waals surface area (Å²) in [5.74, 6) is -0.913. The number of benzene rings is 1. The summed E-state index contributed by atoms with van der Waals surface area (Å²) in [5.41, 5.74) is 1.47. The largest absolute Gasteiger partial charge is 0.395 e. The highest BCUT2D eigenvalue weighted by atomic mass is 19.1. The summed E-state index contributed by atoms with van der Waals surface area (Å²) in [5, 5.41) is 13.5. The van der Waals surface area contributed by atoms with Crippen LogP contribution >= 0.6 is 0 Å². The lowest BCUT2D eigenvalue weighted by Crippen LogP contribution is -2.31. The first-order chi connectivity index (χ1) is 12.0. The highest BCUT2D eigenvalue weighted by Gasteiger charge is 2.12. The Hall–Kier alpha value is -2.78. The zero-order valence-corrected chi connectivity index (χ0v) is 13.7. The fraction of sp³-hybridized carbons (Fsp3) is 0.312. The van der Waals surface area contributed by atoms with Crippen LogP contribution in [0.5, 0.6) is 0 Å². The summed E-state index contributed by atoms with van der Waals surface area (Å²) in [6.45, 7) is -0.629. The van der Waals surface area contributed by atoms with E-state index in [1.54, 1.807) is 29.9 Å². The Bertz CT molecular complexity index is 730. The van der Waals surface area contributed by atoms with Crippen LogP contribution in [-0.2, 0) is 21.4 Å². The van der Waals surface area contributed by atoms with Crippen molar-refractivity contribution in [2.75, 3.05) is 31.7 Å². The van der Waals surface area contributed by atoms with E-state index in [0.717, 1.165) is 5.56 Å². The molecule has 0 radical (unpaired) electrons. The zero-order valence-electron chi connectivity index (χ0n) is 13.7. The number of aliphatic hydroxyl groups is 1. The van der Waals surface area contributed by atoms with Crippen LogP contribution in [0.1, 0.15) is 0 Å². The lowest BCUT2D eigenvalue weighted by atomic mass is 10.2. The van der Waals surface area contributed by atoms with Gasteiger partial charge in [0, 0.05) is 19.2 Å². The molecule has 3 N–H and O–H groups in total. The molecule has 0 spiro atoms. The molecule has 0 aliphatic heterocycles. The van der Waals surface area contributed by atoms with Gasteiger partial charge >= 0.3 is 0 Å². The van der Waals surface area contributed by atoms with Crippen molar-refractivity contribution in [2.24, 2.45) is 7.05 Å². The number of nitrogens with one attached hydrogen (secondary N) is 2. The molecule has 8 nitrogen and oxygen atoms in total. The van der Waals surface area contributed by atoms with E-state index >= 15 is 0 Å². The minimum absolute atomic E-state index is 0.133. The maximum absolute atomic E-state index is 13.0. The van der Waals surface area contributed by atoms with Gasteiger partial charge in [0.05, 0.1) is 18.5 Å². The normalized spacial score (nSPS) is 10.5. The highest BCUT2D eigenvalue weighted by Crippen LogP contribution is 2.22. The van der Waals surface area contributed by atoms with Crippen molar-refractivity contribution >= 4 is 17.8 Å². The highest BCUT2D eigenvalue weighted by molar-refractivity contribution is 5.90. The third-order valence-corrected chi connectivity index (χ3v) is 3.28. The molecule has 25 heavy (non-hydrogen) atoms. The van der Waals surface area contributed by atoms with Gasteiger partial charge in [0.1, 0.15) is 19.0 Å². The second kappa shape index (κ2) is 8.90. The van der Waals surface area contributed by atoms with Crippen LogP contribution < -0.4 is 10.6 Å². The van der Waals surface area contributed by atoms with Crippen molar-refractivity contribution in [1.82, 2.24) is 14.9 Å². The first-order valence-electron chi connectivity index (χ1n) is 7.54. The lowest BCUT2D eigenvalue weighted by Gasteiger charge is -2.08. The molecule has 0 saturated carbocycles. The molecule has 134 valence electrons. The Balaban J connectivity index is 1.87. The summed E-state index contributed by atoms with van der Waals surface area (Å²) in [4.78, 5) is 27.2. The number of hydrogen-bond donors (Lipinski definition) is 3. The quantitative estimate of drug-likeness (QED) is 0.635. The zero-order chi connectivity index (χ0) is 18.2. The monoisotopic (exact) mass is 350 g/mol. The van der Waals surface area contributed by atoms with Crippen molar-refractivity contribution in [3.63, 3.8) is 0 Å². The summed E-state index contributed by atoms with van der Waals surface area (Å²) >= 11 is 0. The van der Waals surface area contributed by atoms with Crippen LogP contribution in [0.4, 0.5) is 10.3 Å². The Morgan fingerprint density at radius 3 is 2.60 bits per heavy atom. The minimum Gasteiger partial charge on any atom is -0.395 e. The molecule has 0 aliphatic rings. The van der Waals surface area contributed by atoms with Crippen molar-refractivity contribution in [3.8, 4) is 11.3 Å². The number of amides is 2. The van der Waals surface area contributed by atoms with Gasteiger partial charge in [0.15, 0.2) is 0 Å². The SMILES string of the molecule is Cn1c(-c2ccc(F)cc2)cnc1NC(=O)COCC(=O)NCCO. The molecule has 1 aromatic heterocycles. The maximum atomic E-state index is 13.0. The van der Waals surface area contributed by atoms with Crippen LogP contribution in [0.25, 0.3) is 11.3 Å². The predicted octanol–water partition coefficient (Wildman–Crippen LogP) is 0.290. The molecule has 2 amide bonds. The van der Waals surface area contributed by atoms with Crippen molar-refractivity contribution < 1.29 is 23.8 Å². The van der Waals surface area contributed by atoms with E-state index in [1.807, 2.05) is 0 Å².